The van der Waals surface area contributed by atoms with Gasteiger partial charge in [-0.15, -0.1) is 0 Å². The molecular formula is C19H18N2O3. The summed E-state index contributed by atoms with van der Waals surface area (Å²) < 4.78 is 3.84. The Morgan fingerprint density at radius 3 is 1.42 bits per heavy atom. The quantitative estimate of drug-likeness (QED) is 0.776. The summed E-state index contributed by atoms with van der Waals surface area (Å²) in [6.07, 6.45) is 6.98. The lowest BCUT2D eigenvalue weighted by Crippen LogP contribution is -2.07. The Balaban J connectivity index is 1.86. The molecule has 2 aromatic heterocycles. The number of hydrogen-bond donors (Lipinski definition) is 1. The van der Waals surface area contributed by atoms with Crippen LogP contribution in [-0.2, 0) is 19.7 Å². The van der Waals surface area contributed by atoms with Gasteiger partial charge in [0.2, 0.25) is 0 Å². The lowest BCUT2D eigenvalue weighted by molar-refractivity contribution is 0.281. The van der Waals surface area contributed by atoms with Crippen LogP contribution in [0.3, 0.4) is 0 Å². The van der Waals surface area contributed by atoms with E-state index in [1.165, 1.54) is 24.3 Å². The van der Waals surface area contributed by atoms with Crippen molar-refractivity contribution in [1.82, 2.24) is 9.13 Å². The Bertz CT molecular complexity index is 843. The maximum atomic E-state index is 11.2. The van der Waals surface area contributed by atoms with Gasteiger partial charge in [0, 0.05) is 62.1 Å². The lowest BCUT2D eigenvalue weighted by Gasteiger charge is -2.12. The highest BCUT2D eigenvalue weighted by Crippen LogP contribution is 2.13. The summed E-state index contributed by atoms with van der Waals surface area (Å²) in [7, 11) is 0. The van der Waals surface area contributed by atoms with Crippen molar-refractivity contribution in [3.8, 4) is 0 Å². The summed E-state index contributed by atoms with van der Waals surface area (Å²) in [5.74, 6) is 0. The van der Waals surface area contributed by atoms with Gasteiger partial charge < -0.3 is 14.2 Å². The zero-order valence-corrected chi connectivity index (χ0v) is 13.1. The fourth-order valence-corrected chi connectivity index (χ4v) is 2.63. The van der Waals surface area contributed by atoms with Crippen LogP contribution in [0.15, 0.2) is 76.8 Å². The molecule has 0 radical (unpaired) electrons. The summed E-state index contributed by atoms with van der Waals surface area (Å²) in [4.78, 5) is 22.4. The minimum absolute atomic E-state index is 0.0192. The van der Waals surface area contributed by atoms with Crippen LogP contribution in [0, 0.1) is 0 Å². The molecule has 3 rings (SSSR count). The van der Waals surface area contributed by atoms with Crippen molar-refractivity contribution in [2.75, 3.05) is 0 Å². The van der Waals surface area contributed by atoms with E-state index in [0.717, 1.165) is 16.7 Å². The van der Waals surface area contributed by atoms with Crippen molar-refractivity contribution >= 4 is 0 Å². The average molecular weight is 322 g/mol. The molecule has 0 spiro atoms. The Labute approximate surface area is 139 Å². The molecule has 1 aromatic carbocycles. The van der Waals surface area contributed by atoms with E-state index in [-0.39, 0.29) is 17.5 Å². The second kappa shape index (κ2) is 7.10. The summed E-state index contributed by atoms with van der Waals surface area (Å²) >= 11 is 0. The standard InChI is InChI=1S/C19H18N2O3/c22-14-17-10-15(12-20-5-1-18(23)2-6-20)9-16(11-17)13-21-7-3-19(24)4-8-21/h1-11,22H,12-14H2. The fraction of sp³-hybridized carbons (Fsp3) is 0.158. The minimum Gasteiger partial charge on any atom is -0.392 e. The maximum absolute atomic E-state index is 11.2. The van der Waals surface area contributed by atoms with Crippen molar-refractivity contribution in [3.63, 3.8) is 0 Å². The molecule has 24 heavy (non-hydrogen) atoms. The predicted molar refractivity (Wildman–Crippen MR) is 92.0 cm³/mol. The molecule has 0 amide bonds. The topological polar surface area (TPSA) is 64.2 Å². The summed E-state index contributed by atoms with van der Waals surface area (Å²) in [6.45, 7) is 1.20. The first-order valence-electron chi connectivity index (χ1n) is 7.67. The van der Waals surface area contributed by atoms with E-state index in [1.807, 2.05) is 21.3 Å². The van der Waals surface area contributed by atoms with Crippen LogP contribution < -0.4 is 10.9 Å². The highest BCUT2D eigenvalue weighted by Gasteiger charge is 2.03. The van der Waals surface area contributed by atoms with E-state index in [0.29, 0.717) is 13.1 Å². The smallest absolute Gasteiger partial charge is 0.181 e. The molecule has 5 nitrogen and oxygen atoms in total. The van der Waals surface area contributed by atoms with E-state index in [9.17, 15) is 14.7 Å². The van der Waals surface area contributed by atoms with E-state index >= 15 is 0 Å². The van der Waals surface area contributed by atoms with Crippen LogP contribution in [-0.4, -0.2) is 14.2 Å². The predicted octanol–water partition coefficient (Wildman–Crippen LogP) is 1.60. The van der Waals surface area contributed by atoms with Gasteiger partial charge in [0.25, 0.3) is 0 Å². The number of aliphatic hydroxyl groups excluding tert-OH is 1. The van der Waals surface area contributed by atoms with Gasteiger partial charge in [-0.25, -0.2) is 0 Å². The first-order chi connectivity index (χ1) is 11.6. The van der Waals surface area contributed by atoms with E-state index < -0.39 is 0 Å². The van der Waals surface area contributed by atoms with E-state index in [2.05, 4.69) is 6.07 Å². The summed E-state index contributed by atoms with van der Waals surface area (Å²) in [6, 6.07) is 12.1. The van der Waals surface area contributed by atoms with Crippen molar-refractivity contribution in [2.45, 2.75) is 19.7 Å². The zero-order chi connectivity index (χ0) is 16.9. The monoisotopic (exact) mass is 322 g/mol. The zero-order valence-electron chi connectivity index (χ0n) is 13.1. The highest BCUT2D eigenvalue weighted by molar-refractivity contribution is 5.30. The van der Waals surface area contributed by atoms with Crippen LogP contribution in [0.2, 0.25) is 0 Å². The van der Waals surface area contributed by atoms with Crippen LogP contribution >= 0.6 is 0 Å². The van der Waals surface area contributed by atoms with Crippen LogP contribution in [0.25, 0.3) is 0 Å². The molecule has 3 aromatic rings. The number of aliphatic hydroxyl groups is 1. The Hall–Kier alpha value is -2.92. The molecule has 2 heterocycles. The molecule has 122 valence electrons. The van der Waals surface area contributed by atoms with Crippen molar-refractivity contribution < 1.29 is 5.11 Å². The normalized spacial score (nSPS) is 10.7. The van der Waals surface area contributed by atoms with Gasteiger partial charge in [-0.2, -0.15) is 0 Å². The SMILES string of the molecule is O=c1ccn(Cc2cc(CO)cc(Cn3ccc(=O)cc3)c2)cc1. The lowest BCUT2D eigenvalue weighted by atomic mass is 10.1. The average Bonchev–Trinajstić information content (AvgIpc) is 2.59. The molecule has 0 aliphatic rings. The van der Waals surface area contributed by atoms with Crippen LogP contribution in [0.5, 0.6) is 0 Å². The number of hydrogen-bond acceptors (Lipinski definition) is 3. The molecule has 0 unspecified atom stereocenters. The second-order valence-corrected chi connectivity index (χ2v) is 5.73. The molecule has 5 heteroatoms. The van der Waals surface area contributed by atoms with Gasteiger partial charge in [-0.3, -0.25) is 9.59 Å². The Kier molecular flexibility index (Phi) is 4.72. The maximum Gasteiger partial charge on any atom is 0.181 e. The third-order valence-corrected chi connectivity index (χ3v) is 3.75. The number of benzene rings is 1. The van der Waals surface area contributed by atoms with Crippen LogP contribution in [0.4, 0.5) is 0 Å². The van der Waals surface area contributed by atoms with Gasteiger partial charge in [-0.1, -0.05) is 18.2 Å². The largest absolute Gasteiger partial charge is 0.392 e. The molecule has 0 aliphatic carbocycles. The van der Waals surface area contributed by atoms with Crippen molar-refractivity contribution in [2.24, 2.45) is 0 Å². The number of nitrogens with zero attached hydrogens (tertiary/aromatic N) is 2. The summed E-state index contributed by atoms with van der Waals surface area (Å²) in [5, 5.41) is 9.50. The van der Waals surface area contributed by atoms with Crippen molar-refractivity contribution in [1.29, 1.82) is 0 Å². The second-order valence-electron chi connectivity index (χ2n) is 5.73. The van der Waals surface area contributed by atoms with E-state index in [1.54, 1.807) is 24.8 Å². The number of pyridine rings is 2. The van der Waals surface area contributed by atoms with Gasteiger partial charge in [0.1, 0.15) is 0 Å². The highest BCUT2D eigenvalue weighted by atomic mass is 16.3. The first-order valence-corrected chi connectivity index (χ1v) is 7.67. The fourth-order valence-electron chi connectivity index (χ4n) is 2.63. The molecule has 0 saturated carbocycles. The molecule has 0 saturated heterocycles. The molecule has 0 aliphatic heterocycles. The van der Waals surface area contributed by atoms with Crippen LogP contribution in [0.1, 0.15) is 16.7 Å². The number of rotatable bonds is 5. The van der Waals surface area contributed by atoms with Crippen molar-refractivity contribution in [3.05, 3.63) is 104 Å². The molecule has 1 N–H and O–H groups in total. The minimum atomic E-state index is -0.0326. The Morgan fingerprint density at radius 2 is 1.04 bits per heavy atom. The molecule has 0 atom stereocenters. The molecule has 0 fully saturated rings. The third kappa shape index (κ3) is 4.08. The molecular weight excluding hydrogens is 304 g/mol. The van der Waals surface area contributed by atoms with Gasteiger partial charge in [0.05, 0.1) is 6.61 Å². The Morgan fingerprint density at radius 1 is 0.667 bits per heavy atom. The third-order valence-electron chi connectivity index (χ3n) is 3.75. The van der Waals surface area contributed by atoms with Gasteiger partial charge >= 0.3 is 0 Å². The molecule has 0 bridgehead atoms. The van der Waals surface area contributed by atoms with E-state index in [4.69, 9.17) is 0 Å². The number of aromatic nitrogens is 2. The summed E-state index contributed by atoms with van der Waals surface area (Å²) in [5.41, 5.74) is 2.88. The first kappa shape index (κ1) is 16.0. The van der Waals surface area contributed by atoms with Gasteiger partial charge in [0.15, 0.2) is 10.9 Å². The van der Waals surface area contributed by atoms with Gasteiger partial charge in [-0.05, 0) is 16.7 Å².